The summed E-state index contributed by atoms with van der Waals surface area (Å²) in [4.78, 5) is 29.5. The third kappa shape index (κ3) is 4.85. The van der Waals surface area contributed by atoms with Gasteiger partial charge in [0.05, 0.1) is 29.5 Å². The second-order valence-electron chi connectivity index (χ2n) is 8.39. The quantitative estimate of drug-likeness (QED) is 0.546. The van der Waals surface area contributed by atoms with Crippen LogP contribution in [-0.2, 0) is 23.1 Å². The molecule has 2 heterocycles. The number of imidazole rings is 1. The number of carbonyl (C=O) groups is 1. The number of hydrogen-bond donors (Lipinski definition) is 1. The van der Waals surface area contributed by atoms with Crippen molar-refractivity contribution in [2.75, 3.05) is 25.6 Å². The van der Waals surface area contributed by atoms with Gasteiger partial charge in [-0.1, -0.05) is 0 Å². The second-order valence-corrected chi connectivity index (χ2v) is 8.39. The normalized spacial score (nSPS) is 18.6. The number of pyridine rings is 1. The number of amides is 1. The van der Waals surface area contributed by atoms with Gasteiger partial charge in [-0.3, -0.25) is 18.9 Å². The highest BCUT2D eigenvalue weighted by Crippen LogP contribution is 2.31. The zero-order valence-electron chi connectivity index (χ0n) is 18.6. The zero-order valence-corrected chi connectivity index (χ0v) is 18.6. The van der Waals surface area contributed by atoms with E-state index in [2.05, 4.69) is 10.3 Å². The Morgan fingerprint density at radius 2 is 1.97 bits per heavy atom. The van der Waals surface area contributed by atoms with Gasteiger partial charge in [-0.2, -0.15) is 0 Å². The van der Waals surface area contributed by atoms with E-state index in [0.29, 0.717) is 25.7 Å². The molecule has 1 aliphatic carbocycles. The van der Waals surface area contributed by atoms with Crippen LogP contribution in [0.5, 0.6) is 5.75 Å². The summed E-state index contributed by atoms with van der Waals surface area (Å²) in [7, 11) is 3.44. The summed E-state index contributed by atoms with van der Waals surface area (Å²) in [6, 6.07) is 9.39. The molecular formula is C24H30N4O4. The highest BCUT2D eigenvalue weighted by atomic mass is 16.5. The third-order valence-electron chi connectivity index (χ3n) is 6.26. The minimum atomic E-state index is -0.0227. The molecule has 8 heteroatoms. The maximum atomic E-state index is 12.9. The lowest BCUT2D eigenvalue weighted by Crippen LogP contribution is -2.30. The van der Waals surface area contributed by atoms with E-state index in [1.54, 1.807) is 31.1 Å². The number of ether oxygens (including phenoxy) is 2. The number of hydrogen-bond acceptors (Lipinski definition) is 5. The van der Waals surface area contributed by atoms with Gasteiger partial charge in [-0.05, 0) is 55.9 Å². The lowest BCUT2D eigenvalue weighted by atomic mass is 9.81. The Morgan fingerprint density at radius 3 is 2.69 bits per heavy atom. The molecule has 0 aliphatic heterocycles. The first kappa shape index (κ1) is 22.1. The molecule has 2 aromatic heterocycles. The van der Waals surface area contributed by atoms with Crippen LogP contribution in [0.25, 0.3) is 11.0 Å². The van der Waals surface area contributed by atoms with E-state index >= 15 is 0 Å². The van der Waals surface area contributed by atoms with Gasteiger partial charge in [0, 0.05) is 38.9 Å². The SMILES string of the molecule is COCCOc1ccc2c(c1)n(CC1CCC(C(=O)Nc3cccnc3)CC1)c(=O)n2C. The molecule has 8 nitrogen and oxygen atoms in total. The molecule has 1 N–H and O–H groups in total. The molecule has 0 saturated heterocycles. The van der Waals surface area contributed by atoms with E-state index in [1.807, 2.05) is 34.9 Å². The van der Waals surface area contributed by atoms with Crippen LogP contribution in [0.15, 0.2) is 47.5 Å². The maximum Gasteiger partial charge on any atom is 0.328 e. The summed E-state index contributed by atoms with van der Waals surface area (Å²) >= 11 is 0. The minimum absolute atomic E-state index is 0.00326. The Kier molecular flexibility index (Phi) is 6.90. The first-order chi connectivity index (χ1) is 15.6. The fraction of sp³-hybridized carbons (Fsp3) is 0.458. The Hall–Kier alpha value is -3.13. The first-order valence-corrected chi connectivity index (χ1v) is 11.1. The Morgan fingerprint density at radius 1 is 1.16 bits per heavy atom. The minimum Gasteiger partial charge on any atom is -0.491 e. The van der Waals surface area contributed by atoms with Crippen molar-refractivity contribution in [3.8, 4) is 5.75 Å². The van der Waals surface area contributed by atoms with Crippen LogP contribution < -0.4 is 15.7 Å². The van der Waals surface area contributed by atoms with Crippen LogP contribution in [-0.4, -0.2) is 40.3 Å². The predicted octanol–water partition coefficient (Wildman–Crippen LogP) is 3.21. The average Bonchev–Trinajstić information content (AvgIpc) is 3.05. The van der Waals surface area contributed by atoms with E-state index in [4.69, 9.17) is 9.47 Å². The van der Waals surface area contributed by atoms with Gasteiger partial charge in [0.15, 0.2) is 0 Å². The van der Waals surface area contributed by atoms with Gasteiger partial charge < -0.3 is 14.8 Å². The summed E-state index contributed by atoms with van der Waals surface area (Å²) in [5.74, 6) is 1.14. The number of aromatic nitrogens is 3. The predicted molar refractivity (Wildman–Crippen MR) is 123 cm³/mol. The highest BCUT2D eigenvalue weighted by molar-refractivity contribution is 5.92. The molecule has 170 valence electrons. The lowest BCUT2D eigenvalue weighted by molar-refractivity contribution is -0.121. The Bertz CT molecular complexity index is 1110. The summed E-state index contributed by atoms with van der Waals surface area (Å²) in [6.07, 6.45) is 6.81. The third-order valence-corrected chi connectivity index (χ3v) is 6.26. The molecule has 0 unspecified atom stereocenters. The standard InChI is InChI=1S/C24H30N4O4/c1-27-21-10-9-20(32-13-12-31-2)14-22(21)28(24(27)30)16-17-5-7-18(8-6-17)23(29)26-19-4-3-11-25-15-19/h3-4,9-11,14-15,17-18H,5-8,12-13,16H2,1-2H3,(H,26,29). The van der Waals surface area contributed by atoms with Crippen molar-refractivity contribution in [2.24, 2.45) is 18.9 Å². The molecule has 32 heavy (non-hydrogen) atoms. The number of methoxy groups -OCH3 is 1. The number of rotatable bonds is 8. The highest BCUT2D eigenvalue weighted by Gasteiger charge is 2.27. The van der Waals surface area contributed by atoms with Crippen LogP contribution in [0.2, 0.25) is 0 Å². The molecule has 1 aromatic carbocycles. The molecule has 1 fully saturated rings. The largest absolute Gasteiger partial charge is 0.491 e. The summed E-state index contributed by atoms with van der Waals surface area (Å²) in [6.45, 7) is 1.62. The molecule has 1 aliphatic rings. The number of carbonyl (C=O) groups excluding carboxylic acids is 1. The van der Waals surface area contributed by atoms with Gasteiger partial charge in [-0.15, -0.1) is 0 Å². The van der Waals surface area contributed by atoms with Gasteiger partial charge in [0.25, 0.3) is 0 Å². The molecule has 1 saturated carbocycles. The molecule has 0 spiro atoms. The molecular weight excluding hydrogens is 408 g/mol. The van der Waals surface area contributed by atoms with Gasteiger partial charge in [-0.25, -0.2) is 4.79 Å². The van der Waals surface area contributed by atoms with Crippen molar-refractivity contribution in [3.05, 3.63) is 53.2 Å². The van der Waals surface area contributed by atoms with Gasteiger partial charge in [0.1, 0.15) is 12.4 Å². The molecule has 0 bridgehead atoms. The van der Waals surface area contributed by atoms with Crippen LogP contribution in [0.1, 0.15) is 25.7 Å². The molecule has 0 radical (unpaired) electrons. The van der Waals surface area contributed by atoms with E-state index < -0.39 is 0 Å². The van der Waals surface area contributed by atoms with Gasteiger partial charge in [0.2, 0.25) is 5.91 Å². The van der Waals surface area contributed by atoms with Crippen molar-refractivity contribution < 1.29 is 14.3 Å². The maximum absolute atomic E-state index is 12.9. The Labute approximate surface area is 187 Å². The first-order valence-electron chi connectivity index (χ1n) is 11.1. The number of benzene rings is 1. The van der Waals surface area contributed by atoms with Crippen molar-refractivity contribution in [1.29, 1.82) is 0 Å². The topological polar surface area (TPSA) is 87.4 Å². The van der Waals surface area contributed by atoms with E-state index in [1.165, 1.54) is 0 Å². The molecule has 1 amide bonds. The lowest BCUT2D eigenvalue weighted by Gasteiger charge is -2.28. The number of fused-ring (bicyclic) bond motifs is 1. The van der Waals surface area contributed by atoms with Crippen molar-refractivity contribution in [2.45, 2.75) is 32.2 Å². The summed E-state index contributed by atoms with van der Waals surface area (Å²) in [5, 5.41) is 2.96. The number of aryl methyl sites for hydroxylation is 1. The van der Waals surface area contributed by atoms with Crippen LogP contribution in [0.4, 0.5) is 5.69 Å². The van der Waals surface area contributed by atoms with Gasteiger partial charge >= 0.3 is 5.69 Å². The zero-order chi connectivity index (χ0) is 22.5. The van der Waals surface area contributed by atoms with Crippen LogP contribution in [0.3, 0.4) is 0 Å². The monoisotopic (exact) mass is 438 g/mol. The van der Waals surface area contributed by atoms with Crippen molar-refractivity contribution >= 4 is 22.6 Å². The number of nitrogens with one attached hydrogen (secondary N) is 1. The second kappa shape index (κ2) is 9.99. The Balaban J connectivity index is 1.41. The number of anilines is 1. The molecule has 0 atom stereocenters. The number of nitrogens with zero attached hydrogens (tertiary/aromatic N) is 3. The molecule has 4 rings (SSSR count). The fourth-order valence-corrected chi connectivity index (χ4v) is 4.45. The van der Waals surface area contributed by atoms with Crippen molar-refractivity contribution in [1.82, 2.24) is 14.1 Å². The molecule has 3 aromatic rings. The smallest absolute Gasteiger partial charge is 0.328 e. The van der Waals surface area contributed by atoms with Crippen LogP contribution in [0, 0.1) is 11.8 Å². The fourth-order valence-electron chi connectivity index (χ4n) is 4.45. The summed E-state index contributed by atoms with van der Waals surface area (Å²) in [5.41, 5.74) is 2.47. The van der Waals surface area contributed by atoms with E-state index in [-0.39, 0.29) is 17.5 Å². The average molecular weight is 439 g/mol. The van der Waals surface area contributed by atoms with E-state index in [9.17, 15) is 9.59 Å². The van der Waals surface area contributed by atoms with Crippen LogP contribution >= 0.6 is 0 Å². The summed E-state index contributed by atoms with van der Waals surface area (Å²) < 4.78 is 14.3. The van der Waals surface area contributed by atoms with E-state index in [0.717, 1.165) is 48.2 Å². The van der Waals surface area contributed by atoms with Crippen molar-refractivity contribution in [3.63, 3.8) is 0 Å².